The third-order valence-corrected chi connectivity index (χ3v) is 2.62. The molecule has 15 heavy (non-hydrogen) atoms. The molecule has 0 N–H and O–H groups in total. The Morgan fingerprint density at radius 2 is 2.20 bits per heavy atom. The molecular weight excluding hydrogens is 213 g/mol. The van der Waals surface area contributed by atoms with Gasteiger partial charge in [-0.3, -0.25) is 4.90 Å². The molecule has 0 radical (unpaired) electrons. The first-order valence-corrected chi connectivity index (χ1v) is 5.82. The second-order valence-electron chi connectivity index (χ2n) is 3.54. The Labute approximate surface area is 95.8 Å². The van der Waals surface area contributed by atoms with Gasteiger partial charge in [0.05, 0.1) is 0 Å². The van der Waals surface area contributed by atoms with Gasteiger partial charge in [-0.1, -0.05) is 19.1 Å². The van der Waals surface area contributed by atoms with E-state index >= 15 is 0 Å². The van der Waals surface area contributed by atoms with E-state index in [1.807, 2.05) is 6.07 Å². The van der Waals surface area contributed by atoms with Crippen molar-refractivity contribution >= 4 is 11.6 Å². The van der Waals surface area contributed by atoms with Gasteiger partial charge in [-0.05, 0) is 37.2 Å². The van der Waals surface area contributed by atoms with Crippen molar-refractivity contribution in [3.63, 3.8) is 0 Å². The lowest BCUT2D eigenvalue weighted by atomic mass is 10.2. The fourth-order valence-corrected chi connectivity index (χ4v) is 1.65. The quantitative estimate of drug-likeness (QED) is 0.677. The fourth-order valence-electron chi connectivity index (χ4n) is 1.53. The molecule has 0 bridgehead atoms. The first-order chi connectivity index (χ1) is 7.26. The molecule has 0 aromatic heterocycles. The molecule has 0 aliphatic rings. The Morgan fingerprint density at radius 3 is 2.80 bits per heavy atom. The Hall–Kier alpha value is -0.600. The number of nitrogens with zero attached hydrogens (tertiary/aromatic N) is 1. The van der Waals surface area contributed by atoms with Crippen LogP contribution in [0.1, 0.15) is 18.9 Å². The predicted octanol–water partition coefficient (Wildman–Crippen LogP) is 3.28. The predicted molar refractivity (Wildman–Crippen MR) is 62.7 cm³/mol. The molecule has 0 saturated carbocycles. The van der Waals surface area contributed by atoms with E-state index in [-0.39, 0.29) is 5.82 Å². The van der Waals surface area contributed by atoms with Crippen LogP contribution < -0.4 is 0 Å². The van der Waals surface area contributed by atoms with Gasteiger partial charge in [-0.2, -0.15) is 0 Å². The van der Waals surface area contributed by atoms with E-state index < -0.39 is 0 Å². The number of alkyl halides is 1. The summed E-state index contributed by atoms with van der Waals surface area (Å²) in [6.07, 6.45) is 0.977. The summed E-state index contributed by atoms with van der Waals surface area (Å²) in [7, 11) is 0. The molecule has 3 heteroatoms. The number of halogens is 2. The Morgan fingerprint density at radius 1 is 1.40 bits per heavy atom. The molecule has 0 aliphatic carbocycles. The van der Waals surface area contributed by atoms with E-state index in [4.69, 9.17) is 11.6 Å². The van der Waals surface area contributed by atoms with Crippen molar-refractivity contribution in [3.8, 4) is 0 Å². The number of hydrogen-bond acceptors (Lipinski definition) is 1. The molecule has 1 rings (SSSR count). The summed E-state index contributed by atoms with van der Waals surface area (Å²) in [5.74, 6) is 0.514. The van der Waals surface area contributed by atoms with Crippen molar-refractivity contribution in [2.75, 3.05) is 19.0 Å². The topological polar surface area (TPSA) is 3.24 Å². The van der Waals surface area contributed by atoms with E-state index in [0.717, 1.165) is 31.6 Å². The lowest BCUT2D eigenvalue weighted by molar-refractivity contribution is 0.281. The van der Waals surface area contributed by atoms with Crippen LogP contribution >= 0.6 is 11.6 Å². The lowest BCUT2D eigenvalue weighted by Crippen LogP contribution is -2.24. The zero-order chi connectivity index (χ0) is 11.1. The van der Waals surface area contributed by atoms with Crippen molar-refractivity contribution in [1.82, 2.24) is 4.90 Å². The molecular formula is C12H17ClFN. The van der Waals surface area contributed by atoms with Gasteiger partial charge in [-0.15, -0.1) is 11.6 Å². The summed E-state index contributed by atoms with van der Waals surface area (Å²) in [6.45, 7) is 4.84. The standard InChI is InChI=1S/C12H17ClFN/c1-2-15(8-4-7-13)10-11-5-3-6-12(14)9-11/h3,5-6,9H,2,4,7-8,10H2,1H3. The highest BCUT2D eigenvalue weighted by Gasteiger charge is 2.03. The maximum absolute atomic E-state index is 12.9. The van der Waals surface area contributed by atoms with E-state index in [1.54, 1.807) is 12.1 Å². The minimum Gasteiger partial charge on any atom is -0.299 e. The van der Waals surface area contributed by atoms with Gasteiger partial charge in [0.2, 0.25) is 0 Å². The molecule has 0 aliphatic heterocycles. The van der Waals surface area contributed by atoms with Gasteiger partial charge in [0, 0.05) is 12.4 Å². The maximum atomic E-state index is 12.9. The average Bonchev–Trinajstić information content (AvgIpc) is 2.24. The van der Waals surface area contributed by atoms with Crippen molar-refractivity contribution < 1.29 is 4.39 Å². The first kappa shape index (κ1) is 12.5. The Balaban J connectivity index is 2.50. The number of hydrogen-bond donors (Lipinski definition) is 0. The van der Waals surface area contributed by atoms with Gasteiger partial charge in [-0.25, -0.2) is 4.39 Å². The van der Waals surface area contributed by atoms with E-state index in [1.165, 1.54) is 6.07 Å². The highest BCUT2D eigenvalue weighted by atomic mass is 35.5. The zero-order valence-electron chi connectivity index (χ0n) is 9.05. The molecule has 0 saturated heterocycles. The van der Waals surface area contributed by atoms with E-state index in [2.05, 4.69) is 11.8 Å². The molecule has 0 unspecified atom stereocenters. The molecule has 0 fully saturated rings. The van der Waals surface area contributed by atoms with Crippen molar-refractivity contribution in [1.29, 1.82) is 0 Å². The second kappa shape index (κ2) is 6.81. The van der Waals surface area contributed by atoms with Gasteiger partial charge in [0.25, 0.3) is 0 Å². The largest absolute Gasteiger partial charge is 0.299 e. The maximum Gasteiger partial charge on any atom is 0.123 e. The van der Waals surface area contributed by atoms with Crippen LogP contribution in [0.5, 0.6) is 0 Å². The monoisotopic (exact) mass is 229 g/mol. The van der Waals surface area contributed by atoms with Gasteiger partial charge in [0.1, 0.15) is 5.82 Å². The third-order valence-electron chi connectivity index (χ3n) is 2.35. The van der Waals surface area contributed by atoms with Crippen LogP contribution in [-0.2, 0) is 6.54 Å². The van der Waals surface area contributed by atoms with Gasteiger partial charge in [0.15, 0.2) is 0 Å². The number of benzene rings is 1. The van der Waals surface area contributed by atoms with Crippen LogP contribution in [-0.4, -0.2) is 23.9 Å². The Bertz CT molecular complexity index is 291. The fraction of sp³-hybridized carbons (Fsp3) is 0.500. The van der Waals surface area contributed by atoms with Crippen LogP contribution in [0, 0.1) is 5.82 Å². The molecule has 84 valence electrons. The summed E-state index contributed by atoms with van der Waals surface area (Å²) in [5, 5.41) is 0. The van der Waals surface area contributed by atoms with Gasteiger partial charge >= 0.3 is 0 Å². The van der Waals surface area contributed by atoms with Crippen molar-refractivity contribution in [2.24, 2.45) is 0 Å². The summed E-state index contributed by atoms with van der Waals surface area (Å²) in [5.41, 5.74) is 1.02. The van der Waals surface area contributed by atoms with E-state index in [0.29, 0.717) is 5.88 Å². The minimum absolute atomic E-state index is 0.166. The summed E-state index contributed by atoms with van der Waals surface area (Å²) in [4.78, 5) is 2.26. The zero-order valence-corrected chi connectivity index (χ0v) is 9.80. The SMILES string of the molecule is CCN(CCCCl)Cc1cccc(F)c1. The summed E-state index contributed by atoms with van der Waals surface area (Å²) >= 11 is 5.64. The summed E-state index contributed by atoms with van der Waals surface area (Å²) < 4.78 is 12.9. The normalized spacial score (nSPS) is 10.9. The number of rotatable bonds is 6. The lowest BCUT2D eigenvalue weighted by Gasteiger charge is -2.19. The van der Waals surface area contributed by atoms with E-state index in [9.17, 15) is 4.39 Å². The van der Waals surface area contributed by atoms with Crippen LogP contribution in [0.3, 0.4) is 0 Å². The Kier molecular flexibility index (Phi) is 5.66. The van der Waals surface area contributed by atoms with Crippen LogP contribution in [0.25, 0.3) is 0 Å². The van der Waals surface area contributed by atoms with Crippen LogP contribution in [0.4, 0.5) is 4.39 Å². The van der Waals surface area contributed by atoms with Crippen LogP contribution in [0.15, 0.2) is 24.3 Å². The minimum atomic E-state index is -0.166. The smallest absolute Gasteiger partial charge is 0.123 e. The molecule has 1 aromatic rings. The van der Waals surface area contributed by atoms with Crippen molar-refractivity contribution in [2.45, 2.75) is 19.9 Å². The second-order valence-corrected chi connectivity index (χ2v) is 3.92. The third kappa shape index (κ3) is 4.63. The van der Waals surface area contributed by atoms with Gasteiger partial charge < -0.3 is 0 Å². The van der Waals surface area contributed by atoms with Crippen molar-refractivity contribution in [3.05, 3.63) is 35.6 Å². The molecule has 0 heterocycles. The molecule has 0 amide bonds. The molecule has 1 aromatic carbocycles. The highest BCUT2D eigenvalue weighted by Crippen LogP contribution is 2.07. The molecule has 0 spiro atoms. The average molecular weight is 230 g/mol. The highest BCUT2D eigenvalue weighted by molar-refractivity contribution is 6.17. The van der Waals surface area contributed by atoms with Crippen LogP contribution in [0.2, 0.25) is 0 Å². The first-order valence-electron chi connectivity index (χ1n) is 5.29. The summed E-state index contributed by atoms with van der Waals surface area (Å²) in [6, 6.07) is 6.76. The molecule has 1 nitrogen and oxygen atoms in total. The molecule has 0 atom stereocenters.